The topological polar surface area (TPSA) is 113 Å². The van der Waals surface area contributed by atoms with E-state index in [1.54, 1.807) is 0 Å². The Morgan fingerprint density at radius 3 is 2.68 bits per heavy atom. The molecule has 2 atom stereocenters. The lowest BCUT2D eigenvalue weighted by atomic mass is 10.1. The van der Waals surface area contributed by atoms with Crippen LogP contribution in [0.2, 0.25) is 0 Å². The summed E-state index contributed by atoms with van der Waals surface area (Å²) in [4.78, 5) is 1.81. The van der Waals surface area contributed by atoms with E-state index in [-0.39, 0.29) is 11.7 Å². The fraction of sp³-hybridized carbons (Fsp3) is 0.778. The van der Waals surface area contributed by atoms with Gasteiger partial charge in [-0.15, -0.1) is 10.2 Å². The van der Waals surface area contributed by atoms with Crippen molar-refractivity contribution >= 4 is 31.6 Å². The van der Waals surface area contributed by atoms with Crippen LogP contribution in [0, 0.1) is 5.92 Å². The van der Waals surface area contributed by atoms with Crippen molar-refractivity contribution in [2.24, 2.45) is 5.92 Å². The molecule has 0 spiro atoms. The third-order valence-electron chi connectivity index (χ3n) is 3.09. The number of nitrogen functional groups attached to an aromatic ring is 1. The number of anilines is 2. The smallest absolute Gasteiger partial charge is 0.214 e. The fourth-order valence-corrected chi connectivity index (χ4v) is 3.74. The molecule has 0 saturated carbocycles. The molecule has 0 amide bonds. The monoisotopic (exact) mass is 307 g/mol. The van der Waals surface area contributed by atoms with Crippen LogP contribution in [0.4, 0.5) is 10.3 Å². The summed E-state index contributed by atoms with van der Waals surface area (Å²) in [6, 6.07) is 0. The molecule has 8 nitrogen and oxygen atoms in total. The molecule has 3 N–H and O–H groups in total. The van der Waals surface area contributed by atoms with Crippen LogP contribution in [-0.4, -0.2) is 67.1 Å². The lowest BCUT2D eigenvalue weighted by molar-refractivity contribution is 0.157. The number of hydrogen-bond acceptors (Lipinski definition) is 8. The first-order valence-electron chi connectivity index (χ1n) is 5.72. The molecule has 0 radical (unpaired) electrons. The van der Waals surface area contributed by atoms with Gasteiger partial charge in [-0.25, -0.2) is 12.7 Å². The summed E-state index contributed by atoms with van der Waals surface area (Å²) in [5, 5.41) is 18.5. The Hall–Kier alpha value is -0.970. The molecule has 2 rings (SSSR count). The van der Waals surface area contributed by atoms with Crippen molar-refractivity contribution in [2.75, 3.05) is 43.6 Å². The molecule has 108 valence electrons. The number of nitrogens with two attached hydrogens (primary N) is 1. The van der Waals surface area contributed by atoms with Crippen molar-refractivity contribution in [3.05, 3.63) is 0 Å². The number of β-amino-alcohol motifs (C(OH)–C–C–N with tert-alkyl or cyclic N) is 1. The van der Waals surface area contributed by atoms with E-state index >= 15 is 0 Å². The molecule has 2 heterocycles. The first-order valence-corrected chi connectivity index (χ1v) is 8.14. The molecule has 1 aromatic rings. The van der Waals surface area contributed by atoms with Gasteiger partial charge in [-0.3, -0.25) is 0 Å². The van der Waals surface area contributed by atoms with Gasteiger partial charge in [0.2, 0.25) is 20.3 Å². The van der Waals surface area contributed by atoms with Gasteiger partial charge in [0.15, 0.2) is 0 Å². The molecule has 1 aliphatic heterocycles. The van der Waals surface area contributed by atoms with Gasteiger partial charge in [-0.2, -0.15) is 0 Å². The predicted molar refractivity (Wildman–Crippen MR) is 73.5 cm³/mol. The number of aromatic nitrogens is 2. The zero-order valence-electron chi connectivity index (χ0n) is 10.7. The Kier molecular flexibility index (Phi) is 3.95. The maximum Gasteiger partial charge on any atom is 0.214 e. The van der Waals surface area contributed by atoms with E-state index < -0.39 is 16.1 Å². The molecule has 19 heavy (non-hydrogen) atoms. The van der Waals surface area contributed by atoms with Crippen LogP contribution in [0.15, 0.2) is 0 Å². The van der Waals surface area contributed by atoms with E-state index in [0.717, 1.165) is 0 Å². The van der Waals surface area contributed by atoms with Crippen LogP contribution < -0.4 is 10.6 Å². The van der Waals surface area contributed by atoms with Crippen LogP contribution in [0.5, 0.6) is 0 Å². The van der Waals surface area contributed by atoms with E-state index in [1.165, 1.54) is 29.7 Å². The van der Waals surface area contributed by atoms with Gasteiger partial charge in [-0.1, -0.05) is 11.3 Å². The van der Waals surface area contributed by atoms with Crippen molar-refractivity contribution in [1.29, 1.82) is 0 Å². The van der Waals surface area contributed by atoms with Crippen molar-refractivity contribution in [1.82, 2.24) is 14.5 Å². The third kappa shape index (κ3) is 3.14. The first kappa shape index (κ1) is 14.4. The Morgan fingerprint density at radius 2 is 2.16 bits per heavy atom. The molecule has 0 aliphatic carbocycles. The van der Waals surface area contributed by atoms with Crippen LogP contribution in [0.1, 0.15) is 0 Å². The summed E-state index contributed by atoms with van der Waals surface area (Å²) in [5.74, 6) is -0.413. The van der Waals surface area contributed by atoms with Crippen molar-refractivity contribution in [2.45, 2.75) is 6.10 Å². The molecule has 0 aromatic carbocycles. The minimum absolute atomic E-state index is 0.0774. The second kappa shape index (κ2) is 5.19. The van der Waals surface area contributed by atoms with Crippen molar-refractivity contribution in [3.63, 3.8) is 0 Å². The Morgan fingerprint density at radius 1 is 1.47 bits per heavy atom. The number of aliphatic hydroxyl groups is 1. The maximum absolute atomic E-state index is 11.8. The van der Waals surface area contributed by atoms with Crippen LogP contribution in [0.25, 0.3) is 0 Å². The summed E-state index contributed by atoms with van der Waals surface area (Å²) < 4.78 is 24.8. The van der Waals surface area contributed by atoms with Gasteiger partial charge < -0.3 is 15.7 Å². The lowest BCUT2D eigenvalue weighted by Gasteiger charge is -2.17. The van der Waals surface area contributed by atoms with E-state index in [4.69, 9.17) is 5.73 Å². The van der Waals surface area contributed by atoms with Crippen LogP contribution >= 0.6 is 11.3 Å². The third-order valence-corrected chi connectivity index (χ3v) is 5.86. The molecular formula is C9H17N5O3S2. The molecular weight excluding hydrogens is 290 g/mol. The summed E-state index contributed by atoms with van der Waals surface area (Å²) in [5.41, 5.74) is 5.51. The standard InChI is InChI=1S/C9H17N5O3S2/c1-13(2)19(16,17)5-6-3-14(4-7(6)15)9-12-11-8(10)18-9/h6-7,15H,3-5H2,1-2H3,(H2,10,11)/t6-,7+/m0/s1. The molecule has 1 saturated heterocycles. The summed E-state index contributed by atoms with van der Waals surface area (Å²) in [6.07, 6.45) is -0.695. The lowest BCUT2D eigenvalue weighted by Crippen LogP contribution is -2.33. The average molecular weight is 307 g/mol. The number of hydrogen-bond donors (Lipinski definition) is 2. The largest absolute Gasteiger partial charge is 0.391 e. The van der Waals surface area contributed by atoms with E-state index in [0.29, 0.717) is 23.4 Å². The highest BCUT2D eigenvalue weighted by Crippen LogP contribution is 2.28. The second-order valence-electron chi connectivity index (χ2n) is 4.72. The van der Waals surface area contributed by atoms with Crippen LogP contribution in [-0.2, 0) is 10.0 Å². The average Bonchev–Trinajstić information content (AvgIpc) is 2.86. The molecule has 10 heteroatoms. The van der Waals surface area contributed by atoms with Crippen molar-refractivity contribution < 1.29 is 13.5 Å². The molecule has 1 aliphatic rings. The quantitative estimate of drug-likeness (QED) is 0.719. The number of nitrogens with zero attached hydrogens (tertiary/aromatic N) is 4. The normalized spacial score (nSPS) is 24.3. The van der Waals surface area contributed by atoms with Gasteiger partial charge in [-0.05, 0) is 0 Å². The first-order chi connectivity index (χ1) is 8.79. The van der Waals surface area contributed by atoms with Crippen LogP contribution in [0.3, 0.4) is 0 Å². The molecule has 1 fully saturated rings. The van der Waals surface area contributed by atoms with E-state index in [9.17, 15) is 13.5 Å². The van der Waals surface area contributed by atoms with E-state index in [1.807, 2.05) is 4.90 Å². The zero-order valence-corrected chi connectivity index (χ0v) is 12.4. The zero-order chi connectivity index (χ0) is 14.2. The highest BCUT2D eigenvalue weighted by Gasteiger charge is 2.36. The van der Waals surface area contributed by atoms with Gasteiger partial charge in [0.25, 0.3) is 0 Å². The minimum Gasteiger partial charge on any atom is -0.391 e. The Balaban J connectivity index is 2.06. The SMILES string of the molecule is CN(C)S(=O)(=O)C[C@@H]1CN(c2nnc(N)s2)C[C@H]1O. The highest BCUT2D eigenvalue weighted by molar-refractivity contribution is 7.89. The maximum atomic E-state index is 11.8. The molecule has 1 aromatic heterocycles. The molecule has 0 unspecified atom stereocenters. The van der Waals surface area contributed by atoms with Gasteiger partial charge in [0.05, 0.1) is 11.9 Å². The minimum atomic E-state index is -3.33. The number of rotatable bonds is 4. The predicted octanol–water partition coefficient (Wildman–Crippen LogP) is -1.19. The summed E-state index contributed by atoms with van der Waals surface area (Å²) in [7, 11) is -0.354. The Bertz CT molecular complexity index is 544. The fourth-order valence-electron chi connectivity index (χ4n) is 1.95. The Labute approximate surface area is 115 Å². The summed E-state index contributed by atoms with van der Waals surface area (Å²) >= 11 is 1.22. The molecule has 0 bridgehead atoms. The van der Waals surface area contributed by atoms with Gasteiger partial charge in [0.1, 0.15) is 0 Å². The second-order valence-corrected chi connectivity index (χ2v) is 7.93. The van der Waals surface area contributed by atoms with Gasteiger partial charge in [0, 0.05) is 33.1 Å². The van der Waals surface area contributed by atoms with Gasteiger partial charge >= 0.3 is 0 Å². The van der Waals surface area contributed by atoms with E-state index in [2.05, 4.69) is 10.2 Å². The number of aliphatic hydroxyl groups excluding tert-OH is 1. The highest BCUT2D eigenvalue weighted by atomic mass is 32.2. The number of sulfonamides is 1. The summed E-state index contributed by atoms with van der Waals surface area (Å²) in [6.45, 7) is 0.783. The van der Waals surface area contributed by atoms with Crippen molar-refractivity contribution in [3.8, 4) is 0 Å².